The molecule has 110 valence electrons. The van der Waals surface area contributed by atoms with Crippen LogP contribution in [-0.2, 0) is 6.54 Å². The molecule has 1 rings (SSSR count). The lowest BCUT2D eigenvalue weighted by Gasteiger charge is -2.21. The summed E-state index contributed by atoms with van der Waals surface area (Å²) in [4.78, 5) is 10.7. The predicted molar refractivity (Wildman–Crippen MR) is 83.0 cm³/mol. The normalized spacial score (nSPS) is 11.1. The number of hydrogen-bond donors (Lipinski definition) is 1. The number of aliphatic imine (C=N–C) groups is 1. The number of ether oxygens (including phenoxy) is 1. The lowest BCUT2D eigenvalue weighted by atomic mass is 10.3. The van der Waals surface area contributed by atoms with E-state index >= 15 is 0 Å². The Balaban J connectivity index is 2.50. The SMILES string of the molecule is C=CCCCN(C)C(=NC)NCc1cccc(OC)n1. The molecular formula is C15H24N4O. The van der Waals surface area contributed by atoms with Crippen LogP contribution >= 0.6 is 0 Å². The summed E-state index contributed by atoms with van der Waals surface area (Å²) in [5, 5.41) is 3.30. The van der Waals surface area contributed by atoms with Gasteiger partial charge in [-0.3, -0.25) is 4.99 Å². The summed E-state index contributed by atoms with van der Waals surface area (Å²) < 4.78 is 5.11. The minimum Gasteiger partial charge on any atom is -0.481 e. The Kier molecular flexibility index (Phi) is 7.17. The first-order valence-corrected chi connectivity index (χ1v) is 6.74. The molecule has 20 heavy (non-hydrogen) atoms. The van der Waals surface area contributed by atoms with Crippen molar-refractivity contribution in [2.75, 3.05) is 27.7 Å². The first kappa shape index (κ1) is 16.0. The fourth-order valence-electron chi connectivity index (χ4n) is 1.80. The number of rotatable bonds is 7. The fourth-order valence-corrected chi connectivity index (χ4v) is 1.80. The topological polar surface area (TPSA) is 49.8 Å². The molecule has 0 radical (unpaired) electrons. The van der Waals surface area contributed by atoms with Gasteiger partial charge in [0.25, 0.3) is 0 Å². The monoisotopic (exact) mass is 276 g/mol. The van der Waals surface area contributed by atoms with Gasteiger partial charge in [-0.15, -0.1) is 6.58 Å². The first-order valence-electron chi connectivity index (χ1n) is 6.74. The molecule has 0 spiro atoms. The Morgan fingerprint density at radius 1 is 1.55 bits per heavy atom. The van der Waals surface area contributed by atoms with Gasteiger partial charge in [-0.25, -0.2) is 4.98 Å². The molecule has 0 saturated carbocycles. The Labute approximate surface area is 121 Å². The molecule has 0 atom stereocenters. The Hall–Kier alpha value is -2.04. The van der Waals surface area contributed by atoms with E-state index in [4.69, 9.17) is 4.74 Å². The summed E-state index contributed by atoms with van der Waals surface area (Å²) in [6, 6.07) is 5.72. The van der Waals surface area contributed by atoms with E-state index in [1.807, 2.05) is 31.3 Å². The lowest BCUT2D eigenvalue weighted by molar-refractivity contribution is 0.396. The van der Waals surface area contributed by atoms with Crippen molar-refractivity contribution in [1.29, 1.82) is 0 Å². The molecule has 5 heteroatoms. The van der Waals surface area contributed by atoms with E-state index in [1.54, 1.807) is 14.2 Å². The molecule has 0 bridgehead atoms. The van der Waals surface area contributed by atoms with E-state index < -0.39 is 0 Å². The van der Waals surface area contributed by atoms with Crippen LogP contribution in [0.4, 0.5) is 0 Å². The van der Waals surface area contributed by atoms with Crippen molar-refractivity contribution < 1.29 is 4.74 Å². The summed E-state index contributed by atoms with van der Waals surface area (Å²) in [7, 11) is 5.43. The van der Waals surface area contributed by atoms with Crippen molar-refractivity contribution >= 4 is 5.96 Å². The quantitative estimate of drug-likeness (QED) is 0.358. The van der Waals surface area contributed by atoms with Crippen molar-refractivity contribution in [3.8, 4) is 5.88 Å². The van der Waals surface area contributed by atoms with Crippen LogP contribution < -0.4 is 10.1 Å². The number of allylic oxidation sites excluding steroid dienone is 1. The van der Waals surface area contributed by atoms with Gasteiger partial charge in [-0.05, 0) is 18.9 Å². The highest BCUT2D eigenvalue weighted by Crippen LogP contribution is 2.06. The van der Waals surface area contributed by atoms with Crippen LogP contribution in [0.15, 0.2) is 35.8 Å². The summed E-state index contributed by atoms with van der Waals surface area (Å²) in [5.74, 6) is 1.48. The third kappa shape index (κ3) is 5.30. The smallest absolute Gasteiger partial charge is 0.213 e. The molecule has 0 unspecified atom stereocenters. The zero-order valence-corrected chi connectivity index (χ0v) is 12.6. The summed E-state index contributed by atoms with van der Waals surface area (Å²) in [5.41, 5.74) is 0.921. The second kappa shape index (κ2) is 8.96. The number of nitrogens with zero attached hydrogens (tertiary/aromatic N) is 3. The largest absolute Gasteiger partial charge is 0.481 e. The van der Waals surface area contributed by atoms with Crippen LogP contribution in [0.25, 0.3) is 0 Å². The maximum Gasteiger partial charge on any atom is 0.213 e. The molecule has 0 amide bonds. The van der Waals surface area contributed by atoms with Gasteiger partial charge in [0.15, 0.2) is 5.96 Å². The van der Waals surface area contributed by atoms with Crippen molar-refractivity contribution in [1.82, 2.24) is 15.2 Å². The zero-order chi connectivity index (χ0) is 14.8. The van der Waals surface area contributed by atoms with Crippen molar-refractivity contribution in [3.05, 3.63) is 36.5 Å². The van der Waals surface area contributed by atoms with E-state index in [2.05, 4.69) is 26.8 Å². The Bertz CT molecular complexity index is 445. The zero-order valence-electron chi connectivity index (χ0n) is 12.6. The molecule has 1 aromatic rings. The molecular weight excluding hydrogens is 252 g/mol. The number of guanidine groups is 1. The number of methoxy groups -OCH3 is 1. The predicted octanol–water partition coefficient (Wildman–Crippen LogP) is 2.06. The van der Waals surface area contributed by atoms with Crippen LogP contribution in [-0.4, -0.2) is 43.6 Å². The number of pyridine rings is 1. The number of nitrogens with one attached hydrogen (secondary N) is 1. The molecule has 1 aromatic heterocycles. The third-order valence-corrected chi connectivity index (χ3v) is 2.89. The maximum absolute atomic E-state index is 5.11. The van der Waals surface area contributed by atoms with E-state index in [-0.39, 0.29) is 0 Å². The first-order chi connectivity index (χ1) is 9.71. The van der Waals surface area contributed by atoms with E-state index in [1.165, 1.54) is 0 Å². The Morgan fingerprint density at radius 2 is 2.35 bits per heavy atom. The van der Waals surface area contributed by atoms with Gasteiger partial charge < -0.3 is 15.0 Å². The molecule has 1 heterocycles. The number of aromatic nitrogens is 1. The average molecular weight is 276 g/mol. The fraction of sp³-hybridized carbons (Fsp3) is 0.467. The minimum absolute atomic E-state index is 0.621. The van der Waals surface area contributed by atoms with Crippen molar-refractivity contribution in [2.45, 2.75) is 19.4 Å². The van der Waals surface area contributed by atoms with Crippen LogP contribution in [0.5, 0.6) is 5.88 Å². The molecule has 1 N–H and O–H groups in total. The van der Waals surface area contributed by atoms with Gasteiger partial charge in [-0.1, -0.05) is 12.1 Å². The molecule has 0 aliphatic carbocycles. The summed E-state index contributed by atoms with van der Waals surface area (Å²) in [6.45, 7) is 5.29. The van der Waals surface area contributed by atoms with Gasteiger partial charge in [0.1, 0.15) is 0 Å². The highest BCUT2D eigenvalue weighted by Gasteiger charge is 2.05. The molecule has 0 fully saturated rings. The minimum atomic E-state index is 0.621. The number of hydrogen-bond acceptors (Lipinski definition) is 3. The van der Waals surface area contributed by atoms with Gasteiger partial charge in [0, 0.05) is 26.7 Å². The summed E-state index contributed by atoms with van der Waals surface area (Å²) in [6.07, 6.45) is 4.01. The second-order valence-electron chi connectivity index (χ2n) is 4.42. The van der Waals surface area contributed by atoms with Gasteiger partial charge in [0.2, 0.25) is 5.88 Å². The van der Waals surface area contributed by atoms with Crippen LogP contribution in [0, 0.1) is 0 Å². The highest BCUT2D eigenvalue weighted by molar-refractivity contribution is 5.79. The van der Waals surface area contributed by atoms with E-state index in [0.29, 0.717) is 12.4 Å². The standard InChI is InChI=1S/C15H24N4O/c1-5-6-7-11-19(3)15(16-2)17-12-13-9-8-10-14(18-13)20-4/h5,8-10H,1,6-7,11-12H2,2-4H3,(H,16,17). The average Bonchev–Trinajstić information content (AvgIpc) is 2.48. The van der Waals surface area contributed by atoms with Crippen LogP contribution in [0.3, 0.4) is 0 Å². The number of unbranched alkanes of at least 4 members (excludes halogenated alkanes) is 1. The van der Waals surface area contributed by atoms with Crippen molar-refractivity contribution in [2.24, 2.45) is 4.99 Å². The van der Waals surface area contributed by atoms with E-state index in [0.717, 1.165) is 31.0 Å². The molecule has 0 aliphatic rings. The molecule has 0 aromatic carbocycles. The van der Waals surface area contributed by atoms with Crippen LogP contribution in [0.2, 0.25) is 0 Å². The molecule has 0 aliphatic heterocycles. The summed E-state index contributed by atoms with van der Waals surface area (Å²) >= 11 is 0. The second-order valence-corrected chi connectivity index (χ2v) is 4.42. The molecule has 5 nitrogen and oxygen atoms in total. The van der Waals surface area contributed by atoms with Crippen LogP contribution in [0.1, 0.15) is 18.5 Å². The van der Waals surface area contributed by atoms with Gasteiger partial charge >= 0.3 is 0 Å². The van der Waals surface area contributed by atoms with Gasteiger partial charge in [-0.2, -0.15) is 0 Å². The molecule has 0 saturated heterocycles. The Morgan fingerprint density at radius 3 is 3.00 bits per heavy atom. The third-order valence-electron chi connectivity index (χ3n) is 2.89. The maximum atomic E-state index is 5.11. The van der Waals surface area contributed by atoms with Gasteiger partial charge in [0.05, 0.1) is 19.3 Å². The van der Waals surface area contributed by atoms with Crippen molar-refractivity contribution in [3.63, 3.8) is 0 Å². The van der Waals surface area contributed by atoms with E-state index in [9.17, 15) is 0 Å². The highest BCUT2D eigenvalue weighted by atomic mass is 16.5. The lowest BCUT2D eigenvalue weighted by Crippen LogP contribution is -2.39.